The molecule has 0 bridgehead atoms. The first-order valence-corrected chi connectivity index (χ1v) is 5.72. The SMILES string of the molecule is CC1CCC(NCc2ccc(F)cc2)C1. The van der Waals surface area contributed by atoms with Gasteiger partial charge >= 0.3 is 0 Å². The van der Waals surface area contributed by atoms with Crippen LogP contribution in [0, 0.1) is 11.7 Å². The summed E-state index contributed by atoms with van der Waals surface area (Å²) in [6.07, 6.45) is 3.89. The van der Waals surface area contributed by atoms with E-state index in [4.69, 9.17) is 0 Å². The molecule has 1 aliphatic carbocycles. The van der Waals surface area contributed by atoms with Gasteiger partial charge < -0.3 is 5.32 Å². The first kappa shape index (κ1) is 10.6. The van der Waals surface area contributed by atoms with Crippen molar-refractivity contribution < 1.29 is 4.39 Å². The molecule has 0 heterocycles. The Bertz CT molecular complexity index is 307. The smallest absolute Gasteiger partial charge is 0.123 e. The maximum atomic E-state index is 12.7. The number of halogens is 1. The lowest BCUT2D eigenvalue weighted by Gasteiger charge is -2.12. The molecule has 2 atom stereocenters. The van der Waals surface area contributed by atoms with Crippen LogP contribution in [0.25, 0.3) is 0 Å². The van der Waals surface area contributed by atoms with Gasteiger partial charge in [-0.15, -0.1) is 0 Å². The summed E-state index contributed by atoms with van der Waals surface area (Å²) < 4.78 is 12.7. The van der Waals surface area contributed by atoms with E-state index >= 15 is 0 Å². The van der Waals surface area contributed by atoms with Crippen LogP contribution in [0.1, 0.15) is 31.7 Å². The van der Waals surface area contributed by atoms with E-state index in [-0.39, 0.29) is 5.82 Å². The first-order valence-electron chi connectivity index (χ1n) is 5.72. The summed E-state index contributed by atoms with van der Waals surface area (Å²) in [6, 6.07) is 7.40. The van der Waals surface area contributed by atoms with Gasteiger partial charge in [0.2, 0.25) is 0 Å². The molecule has 82 valence electrons. The van der Waals surface area contributed by atoms with Gasteiger partial charge in [-0.05, 0) is 42.9 Å². The van der Waals surface area contributed by atoms with Crippen LogP contribution in [0.2, 0.25) is 0 Å². The van der Waals surface area contributed by atoms with Crippen LogP contribution in [0.4, 0.5) is 4.39 Å². The molecule has 0 aromatic heterocycles. The van der Waals surface area contributed by atoms with E-state index in [9.17, 15) is 4.39 Å². The molecule has 1 fully saturated rings. The molecular formula is C13H18FN. The predicted octanol–water partition coefficient (Wildman–Crippen LogP) is 3.10. The molecule has 2 rings (SSSR count). The zero-order chi connectivity index (χ0) is 10.7. The number of benzene rings is 1. The Balaban J connectivity index is 1.80. The third kappa shape index (κ3) is 3.03. The Labute approximate surface area is 90.7 Å². The highest BCUT2D eigenvalue weighted by Crippen LogP contribution is 2.24. The van der Waals surface area contributed by atoms with Crippen LogP contribution < -0.4 is 5.32 Å². The monoisotopic (exact) mass is 207 g/mol. The maximum Gasteiger partial charge on any atom is 0.123 e. The molecule has 1 N–H and O–H groups in total. The van der Waals surface area contributed by atoms with Crippen molar-refractivity contribution in [2.75, 3.05) is 0 Å². The van der Waals surface area contributed by atoms with Gasteiger partial charge in [0.05, 0.1) is 0 Å². The van der Waals surface area contributed by atoms with Gasteiger partial charge in [-0.2, -0.15) is 0 Å². The molecule has 0 aliphatic heterocycles. The van der Waals surface area contributed by atoms with Crippen molar-refractivity contribution in [3.05, 3.63) is 35.6 Å². The van der Waals surface area contributed by atoms with E-state index in [1.807, 2.05) is 12.1 Å². The number of hydrogen-bond donors (Lipinski definition) is 1. The number of nitrogens with one attached hydrogen (secondary N) is 1. The first-order chi connectivity index (χ1) is 7.24. The predicted molar refractivity (Wildman–Crippen MR) is 60.0 cm³/mol. The quantitative estimate of drug-likeness (QED) is 0.803. The molecule has 1 aromatic carbocycles. The van der Waals surface area contributed by atoms with Gasteiger partial charge in [0, 0.05) is 12.6 Å². The van der Waals surface area contributed by atoms with Crippen molar-refractivity contribution in [1.29, 1.82) is 0 Å². The van der Waals surface area contributed by atoms with Crippen molar-refractivity contribution in [3.8, 4) is 0 Å². The summed E-state index contributed by atoms with van der Waals surface area (Å²) in [4.78, 5) is 0. The molecule has 1 saturated carbocycles. The van der Waals surface area contributed by atoms with E-state index in [1.54, 1.807) is 0 Å². The van der Waals surface area contributed by atoms with Crippen LogP contribution in [-0.4, -0.2) is 6.04 Å². The van der Waals surface area contributed by atoms with E-state index < -0.39 is 0 Å². The van der Waals surface area contributed by atoms with E-state index in [0.29, 0.717) is 6.04 Å². The second kappa shape index (κ2) is 4.75. The molecule has 0 spiro atoms. The fraction of sp³-hybridized carbons (Fsp3) is 0.538. The van der Waals surface area contributed by atoms with Crippen LogP contribution in [0.5, 0.6) is 0 Å². The fourth-order valence-corrected chi connectivity index (χ4v) is 2.26. The van der Waals surface area contributed by atoms with Gasteiger partial charge in [-0.25, -0.2) is 4.39 Å². The van der Waals surface area contributed by atoms with Crippen molar-refractivity contribution in [3.63, 3.8) is 0 Å². The van der Waals surface area contributed by atoms with Crippen molar-refractivity contribution >= 4 is 0 Å². The standard InChI is InChI=1S/C13H18FN/c1-10-2-7-13(8-10)15-9-11-3-5-12(14)6-4-11/h3-6,10,13,15H,2,7-9H2,1H3. The summed E-state index contributed by atoms with van der Waals surface area (Å²) in [5.41, 5.74) is 1.16. The topological polar surface area (TPSA) is 12.0 Å². The Kier molecular flexibility index (Phi) is 3.37. The van der Waals surface area contributed by atoms with Gasteiger partial charge in [0.25, 0.3) is 0 Å². The van der Waals surface area contributed by atoms with Gasteiger partial charge in [-0.3, -0.25) is 0 Å². The lowest BCUT2D eigenvalue weighted by atomic mass is 10.1. The van der Waals surface area contributed by atoms with Gasteiger partial charge in [0.15, 0.2) is 0 Å². The third-order valence-electron chi connectivity index (χ3n) is 3.20. The minimum absolute atomic E-state index is 0.159. The van der Waals surface area contributed by atoms with E-state index in [0.717, 1.165) is 18.0 Å². The third-order valence-corrected chi connectivity index (χ3v) is 3.20. The number of rotatable bonds is 3. The van der Waals surface area contributed by atoms with Crippen LogP contribution in [-0.2, 0) is 6.54 Å². The second-order valence-electron chi connectivity index (χ2n) is 4.62. The van der Waals surface area contributed by atoms with Gasteiger partial charge in [-0.1, -0.05) is 19.1 Å². The zero-order valence-electron chi connectivity index (χ0n) is 9.17. The molecule has 1 aliphatic rings. The highest BCUT2D eigenvalue weighted by atomic mass is 19.1. The fourth-order valence-electron chi connectivity index (χ4n) is 2.26. The van der Waals surface area contributed by atoms with Crippen LogP contribution in [0.3, 0.4) is 0 Å². The molecule has 0 amide bonds. The van der Waals surface area contributed by atoms with Gasteiger partial charge in [0.1, 0.15) is 5.82 Å². The molecule has 1 aromatic rings. The molecule has 2 unspecified atom stereocenters. The number of hydrogen-bond acceptors (Lipinski definition) is 1. The summed E-state index contributed by atoms with van der Waals surface area (Å²) in [7, 11) is 0. The summed E-state index contributed by atoms with van der Waals surface area (Å²) >= 11 is 0. The molecule has 15 heavy (non-hydrogen) atoms. The summed E-state index contributed by atoms with van der Waals surface area (Å²) in [5.74, 6) is 0.698. The van der Waals surface area contributed by atoms with Crippen LogP contribution in [0.15, 0.2) is 24.3 Å². The normalized spacial score (nSPS) is 25.7. The Hall–Kier alpha value is -0.890. The minimum atomic E-state index is -0.159. The average Bonchev–Trinajstić information content (AvgIpc) is 2.64. The lowest BCUT2D eigenvalue weighted by Crippen LogP contribution is -2.25. The van der Waals surface area contributed by atoms with E-state index in [2.05, 4.69) is 12.2 Å². The van der Waals surface area contributed by atoms with Crippen molar-refractivity contribution in [2.45, 2.75) is 38.8 Å². The Morgan fingerprint density at radius 3 is 2.60 bits per heavy atom. The second-order valence-corrected chi connectivity index (χ2v) is 4.62. The lowest BCUT2D eigenvalue weighted by molar-refractivity contribution is 0.502. The summed E-state index contributed by atoms with van der Waals surface area (Å²) in [6.45, 7) is 3.16. The molecular weight excluding hydrogens is 189 g/mol. The Morgan fingerprint density at radius 2 is 2.00 bits per heavy atom. The highest BCUT2D eigenvalue weighted by molar-refractivity contribution is 5.15. The molecule has 2 heteroatoms. The van der Waals surface area contributed by atoms with Crippen molar-refractivity contribution in [2.24, 2.45) is 5.92 Å². The van der Waals surface area contributed by atoms with E-state index in [1.165, 1.54) is 31.4 Å². The maximum absolute atomic E-state index is 12.7. The molecule has 0 radical (unpaired) electrons. The Morgan fingerprint density at radius 1 is 1.27 bits per heavy atom. The summed E-state index contributed by atoms with van der Waals surface area (Å²) in [5, 5.41) is 3.53. The molecule has 1 nitrogen and oxygen atoms in total. The largest absolute Gasteiger partial charge is 0.310 e. The molecule has 0 saturated heterocycles. The van der Waals surface area contributed by atoms with Crippen molar-refractivity contribution in [1.82, 2.24) is 5.32 Å². The highest BCUT2D eigenvalue weighted by Gasteiger charge is 2.20. The average molecular weight is 207 g/mol. The van der Waals surface area contributed by atoms with Crippen LogP contribution >= 0.6 is 0 Å². The zero-order valence-corrected chi connectivity index (χ0v) is 9.17. The minimum Gasteiger partial charge on any atom is -0.310 e.